The molecule has 7 nitrogen and oxygen atoms in total. The molecule has 2 rings (SSSR count). The van der Waals surface area contributed by atoms with Gasteiger partial charge >= 0.3 is 5.00 Å². The first-order chi connectivity index (χ1) is 7.25. The summed E-state index contributed by atoms with van der Waals surface area (Å²) in [7, 11) is 0. The van der Waals surface area contributed by atoms with E-state index >= 15 is 0 Å². The Bertz CT molecular complexity index is 453. The SMILES string of the molecule is O=[N+]([O-])c1cnc(NCc2ccno2)s1. The minimum atomic E-state index is -0.475. The molecule has 0 aliphatic rings. The first kappa shape index (κ1) is 9.59. The molecule has 0 spiro atoms. The summed E-state index contributed by atoms with van der Waals surface area (Å²) in [6.07, 6.45) is 2.74. The van der Waals surface area contributed by atoms with E-state index in [9.17, 15) is 10.1 Å². The molecule has 0 aliphatic heterocycles. The molecule has 0 radical (unpaired) electrons. The van der Waals surface area contributed by atoms with Gasteiger partial charge in [-0.1, -0.05) is 5.16 Å². The van der Waals surface area contributed by atoms with E-state index in [1.165, 1.54) is 12.4 Å². The maximum absolute atomic E-state index is 10.4. The van der Waals surface area contributed by atoms with E-state index in [0.717, 1.165) is 11.3 Å². The zero-order valence-electron chi connectivity index (χ0n) is 7.41. The van der Waals surface area contributed by atoms with Gasteiger partial charge in [-0.05, 0) is 11.3 Å². The standard InChI is InChI=1S/C7H6N4O3S/c12-11(13)6-4-9-7(15-6)8-3-5-1-2-10-14-5/h1-2,4H,3H2,(H,8,9). The van der Waals surface area contributed by atoms with Crippen LogP contribution in [0.2, 0.25) is 0 Å². The third-order valence-electron chi connectivity index (χ3n) is 1.58. The molecule has 2 aromatic heterocycles. The summed E-state index contributed by atoms with van der Waals surface area (Å²) in [6.45, 7) is 0.407. The molecule has 0 fully saturated rings. The van der Waals surface area contributed by atoms with Crippen LogP contribution in [0.3, 0.4) is 0 Å². The molecule has 2 heterocycles. The average molecular weight is 226 g/mol. The Morgan fingerprint density at radius 2 is 2.53 bits per heavy atom. The minimum absolute atomic E-state index is 0.00932. The molecule has 2 aromatic rings. The van der Waals surface area contributed by atoms with Gasteiger partial charge in [0.2, 0.25) is 0 Å². The highest BCUT2D eigenvalue weighted by atomic mass is 32.1. The lowest BCUT2D eigenvalue weighted by atomic mass is 10.5. The lowest BCUT2D eigenvalue weighted by Crippen LogP contribution is -1.96. The lowest BCUT2D eigenvalue weighted by molar-refractivity contribution is -0.380. The highest BCUT2D eigenvalue weighted by Gasteiger charge is 2.11. The second-order valence-electron chi connectivity index (χ2n) is 2.59. The average Bonchev–Trinajstić information content (AvgIpc) is 2.86. The number of thiazole rings is 1. The zero-order chi connectivity index (χ0) is 10.7. The van der Waals surface area contributed by atoms with Crippen LogP contribution >= 0.6 is 11.3 Å². The Morgan fingerprint density at radius 3 is 3.13 bits per heavy atom. The number of nitrogens with zero attached hydrogens (tertiary/aromatic N) is 3. The zero-order valence-corrected chi connectivity index (χ0v) is 8.23. The van der Waals surface area contributed by atoms with E-state index < -0.39 is 4.92 Å². The van der Waals surface area contributed by atoms with Crippen LogP contribution in [0, 0.1) is 10.1 Å². The van der Waals surface area contributed by atoms with Crippen molar-refractivity contribution >= 4 is 21.5 Å². The Morgan fingerprint density at radius 1 is 1.67 bits per heavy atom. The van der Waals surface area contributed by atoms with Crippen molar-refractivity contribution in [3.05, 3.63) is 34.3 Å². The molecule has 0 saturated heterocycles. The van der Waals surface area contributed by atoms with Crippen molar-refractivity contribution in [1.82, 2.24) is 10.1 Å². The van der Waals surface area contributed by atoms with Gasteiger partial charge in [0.15, 0.2) is 10.9 Å². The van der Waals surface area contributed by atoms with Crippen molar-refractivity contribution < 1.29 is 9.45 Å². The van der Waals surface area contributed by atoms with Gasteiger partial charge < -0.3 is 9.84 Å². The third-order valence-corrected chi connectivity index (χ3v) is 2.49. The second kappa shape index (κ2) is 4.05. The Hall–Kier alpha value is -1.96. The largest absolute Gasteiger partial charge is 0.360 e. The van der Waals surface area contributed by atoms with Gasteiger partial charge in [-0.25, -0.2) is 4.98 Å². The highest BCUT2D eigenvalue weighted by Crippen LogP contribution is 2.25. The fourth-order valence-corrected chi connectivity index (χ4v) is 1.56. The minimum Gasteiger partial charge on any atom is -0.360 e. The number of hydrogen-bond donors (Lipinski definition) is 1. The normalized spacial score (nSPS) is 10.1. The van der Waals surface area contributed by atoms with Crippen LogP contribution in [0.25, 0.3) is 0 Å². The fourth-order valence-electron chi connectivity index (χ4n) is 0.928. The molecule has 0 unspecified atom stereocenters. The third kappa shape index (κ3) is 2.29. The maximum atomic E-state index is 10.4. The van der Waals surface area contributed by atoms with Crippen LogP contribution in [-0.4, -0.2) is 15.1 Å². The first-order valence-electron chi connectivity index (χ1n) is 3.99. The molecule has 0 amide bonds. The lowest BCUT2D eigenvalue weighted by Gasteiger charge is -1.95. The highest BCUT2D eigenvalue weighted by molar-refractivity contribution is 7.18. The summed E-state index contributed by atoms with van der Waals surface area (Å²) >= 11 is 0.979. The molecule has 0 aliphatic carbocycles. The summed E-state index contributed by atoms with van der Waals surface area (Å²) in [4.78, 5) is 13.7. The van der Waals surface area contributed by atoms with Crippen LogP contribution in [0.5, 0.6) is 0 Å². The summed E-state index contributed by atoms with van der Waals surface area (Å²) < 4.78 is 4.84. The fraction of sp³-hybridized carbons (Fsp3) is 0.143. The van der Waals surface area contributed by atoms with Gasteiger partial charge in [0.05, 0.1) is 17.7 Å². The Balaban J connectivity index is 1.96. The van der Waals surface area contributed by atoms with Crippen LogP contribution in [0.4, 0.5) is 10.1 Å². The van der Waals surface area contributed by atoms with Crippen LogP contribution < -0.4 is 5.32 Å². The van der Waals surface area contributed by atoms with E-state index in [-0.39, 0.29) is 5.00 Å². The quantitative estimate of drug-likeness (QED) is 0.629. The number of rotatable bonds is 4. The number of aromatic nitrogens is 2. The van der Waals surface area contributed by atoms with Crippen molar-refractivity contribution in [1.29, 1.82) is 0 Å². The van der Waals surface area contributed by atoms with Crippen molar-refractivity contribution in [3.63, 3.8) is 0 Å². The van der Waals surface area contributed by atoms with Crippen LogP contribution in [0.15, 0.2) is 23.0 Å². The molecule has 1 N–H and O–H groups in total. The molecule has 15 heavy (non-hydrogen) atoms. The molecule has 78 valence electrons. The number of anilines is 1. The van der Waals surface area contributed by atoms with Gasteiger partial charge in [0.25, 0.3) is 0 Å². The van der Waals surface area contributed by atoms with E-state index in [1.807, 2.05) is 0 Å². The molecule has 0 saturated carbocycles. The molecular weight excluding hydrogens is 220 g/mol. The monoisotopic (exact) mass is 226 g/mol. The summed E-state index contributed by atoms with van der Waals surface area (Å²) in [5, 5.41) is 17.3. The van der Waals surface area contributed by atoms with Gasteiger partial charge in [-0.2, -0.15) is 0 Å². The van der Waals surface area contributed by atoms with Crippen molar-refractivity contribution in [3.8, 4) is 0 Å². The molecule has 8 heteroatoms. The van der Waals surface area contributed by atoms with E-state index in [0.29, 0.717) is 17.4 Å². The Labute approximate surface area is 87.9 Å². The van der Waals surface area contributed by atoms with Gasteiger partial charge in [0.1, 0.15) is 6.20 Å². The predicted molar refractivity (Wildman–Crippen MR) is 52.6 cm³/mol. The molecular formula is C7H6N4O3S. The number of nitrogens with one attached hydrogen (secondary N) is 1. The van der Waals surface area contributed by atoms with Crippen molar-refractivity contribution in [2.75, 3.05) is 5.32 Å². The van der Waals surface area contributed by atoms with Crippen molar-refractivity contribution in [2.45, 2.75) is 6.54 Å². The van der Waals surface area contributed by atoms with E-state index in [1.54, 1.807) is 6.07 Å². The van der Waals surface area contributed by atoms with Crippen molar-refractivity contribution in [2.24, 2.45) is 0 Å². The number of hydrogen-bond acceptors (Lipinski definition) is 7. The topological polar surface area (TPSA) is 94.1 Å². The summed E-state index contributed by atoms with van der Waals surface area (Å²) in [5.74, 6) is 0.646. The van der Waals surface area contributed by atoms with Gasteiger partial charge in [-0.3, -0.25) is 10.1 Å². The maximum Gasteiger partial charge on any atom is 0.345 e. The molecule has 0 atom stereocenters. The van der Waals surface area contributed by atoms with Gasteiger partial charge in [0, 0.05) is 6.07 Å². The molecule has 0 aromatic carbocycles. The summed E-state index contributed by atoms with van der Waals surface area (Å²) in [5.41, 5.74) is 0. The van der Waals surface area contributed by atoms with Crippen LogP contribution in [-0.2, 0) is 6.54 Å². The molecule has 0 bridgehead atoms. The first-order valence-corrected chi connectivity index (χ1v) is 4.81. The predicted octanol–water partition coefficient (Wildman–Crippen LogP) is 1.65. The smallest absolute Gasteiger partial charge is 0.345 e. The van der Waals surface area contributed by atoms with Gasteiger partial charge in [-0.15, -0.1) is 0 Å². The van der Waals surface area contributed by atoms with E-state index in [4.69, 9.17) is 4.52 Å². The Kier molecular flexibility index (Phi) is 2.59. The second-order valence-corrected chi connectivity index (χ2v) is 3.60. The van der Waals surface area contributed by atoms with Crippen LogP contribution in [0.1, 0.15) is 5.76 Å². The summed E-state index contributed by atoms with van der Waals surface area (Å²) in [6, 6.07) is 1.70. The number of nitro groups is 1. The van der Waals surface area contributed by atoms with E-state index in [2.05, 4.69) is 15.5 Å².